The number of rotatable bonds is 2. The number of allylic oxidation sites excluding steroid dienone is 2. The summed E-state index contributed by atoms with van der Waals surface area (Å²) in [5.74, 6) is 1.45. The first-order chi connectivity index (χ1) is 11.1. The number of carbonyl (C=O) groups is 2. The fourth-order valence-corrected chi connectivity index (χ4v) is 5.46. The van der Waals surface area contributed by atoms with Gasteiger partial charge in [-0.05, 0) is 47.8 Å². The molecule has 0 spiro atoms. The van der Waals surface area contributed by atoms with Gasteiger partial charge in [-0.3, -0.25) is 14.5 Å². The molecule has 6 rings (SSSR count). The molecule has 0 unspecified atom stereocenters. The fourth-order valence-electron chi connectivity index (χ4n) is 4.99. The predicted molar refractivity (Wildman–Crippen MR) is 86.7 cm³/mol. The van der Waals surface area contributed by atoms with E-state index in [9.17, 15) is 9.59 Å². The normalized spacial score (nSPS) is 39.7. The second-order valence-corrected chi connectivity index (χ2v) is 8.00. The van der Waals surface area contributed by atoms with Gasteiger partial charge < -0.3 is 0 Å². The van der Waals surface area contributed by atoms with Crippen LogP contribution in [-0.2, 0) is 16.1 Å². The van der Waals surface area contributed by atoms with Crippen molar-refractivity contribution in [3.05, 3.63) is 46.0 Å². The van der Waals surface area contributed by atoms with Crippen molar-refractivity contribution in [2.24, 2.45) is 35.5 Å². The summed E-state index contributed by atoms with van der Waals surface area (Å²) >= 11 is 12.1. The van der Waals surface area contributed by atoms with Gasteiger partial charge in [-0.2, -0.15) is 0 Å². The van der Waals surface area contributed by atoms with Gasteiger partial charge in [0.05, 0.1) is 18.4 Å². The standard InChI is InChI=1S/C18H15Cl2NO2/c19-9-2-1-8(14(20)5-9)7-21-17(22)15-10-3-4-11(13-6-12(10)13)16(15)18(21)23/h1-5,10-13,15-16H,6-7H2/t10-,11-,12-,13-,15-,16+/m0/s1. The average Bonchev–Trinajstić information content (AvgIpc) is 3.30. The number of carbonyl (C=O) groups excluding carboxylic acids is 2. The molecule has 3 nitrogen and oxygen atoms in total. The molecule has 2 amide bonds. The van der Waals surface area contributed by atoms with E-state index >= 15 is 0 Å². The highest BCUT2D eigenvalue weighted by molar-refractivity contribution is 6.35. The van der Waals surface area contributed by atoms with Crippen LogP contribution in [0.5, 0.6) is 0 Å². The van der Waals surface area contributed by atoms with Crippen molar-refractivity contribution >= 4 is 35.0 Å². The van der Waals surface area contributed by atoms with Crippen LogP contribution >= 0.6 is 23.2 Å². The highest BCUT2D eigenvalue weighted by Crippen LogP contribution is 2.65. The highest BCUT2D eigenvalue weighted by Gasteiger charge is 2.66. The summed E-state index contributed by atoms with van der Waals surface area (Å²) in [6, 6.07) is 5.18. The van der Waals surface area contributed by atoms with Crippen molar-refractivity contribution in [1.82, 2.24) is 4.90 Å². The maximum atomic E-state index is 12.9. The molecule has 0 radical (unpaired) electrons. The third-order valence-electron chi connectivity index (χ3n) is 6.10. The lowest BCUT2D eigenvalue weighted by molar-refractivity contribution is -0.140. The molecule has 1 heterocycles. The molecule has 23 heavy (non-hydrogen) atoms. The second-order valence-electron chi connectivity index (χ2n) is 7.15. The molecule has 1 aromatic carbocycles. The predicted octanol–water partition coefficient (Wildman–Crippen LogP) is 3.55. The van der Waals surface area contributed by atoms with Crippen LogP contribution in [0, 0.1) is 35.5 Å². The lowest BCUT2D eigenvalue weighted by atomic mass is 9.63. The average molecular weight is 348 g/mol. The van der Waals surface area contributed by atoms with Crippen molar-refractivity contribution < 1.29 is 9.59 Å². The molecule has 6 atom stereocenters. The van der Waals surface area contributed by atoms with Crippen LogP contribution in [0.3, 0.4) is 0 Å². The molecular weight excluding hydrogens is 333 g/mol. The summed E-state index contributed by atoms with van der Waals surface area (Å²) in [4.78, 5) is 27.2. The zero-order chi connectivity index (χ0) is 15.9. The van der Waals surface area contributed by atoms with E-state index in [2.05, 4.69) is 12.2 Å². The largest absolute Gasteiger partial charge is 0.278 e. The van der Waals surface area contributed by atoms with Gasteiger partial charge in [-0.15, -0.1) is 0 Å². The number of imide groups is 1. The molecule has 4 aliphatic carbocycles. The summed E-state index contributed by atoms with van der Waals surface area (Å²) in [5, 5.41) is 1.05. The zero-order valence-corrected chi connectivity index (χ0v) is 13.8. The Hall–Kier alpha value is -1.32. The van der Waals surface area contributed by atoms with Gasteiger partial charge in [-0.1, -0.05) is 41.4 Å². The minimum Gasteiger partial charge on any atom is -0.278 e. The quantitative estimate of drug-likeness (QED) is 0.606. The topological polar surface area (TPSA) is 37.4 Å². The second kappa shape index (κ2) is 4.61. The summed E-state index contributed by atoms with van der Waals surface area (Å²) in [6.07, 6.45) is 5.55. The van der Waals surface area contributed by atoms with Gasteiger partial charge in [0.25, 0.3) is 0 Å². The number of hydrogen-bond donors (Lipinski definition) is 0. The molecule has 3 fully saturated rings. The molecule has 2 saturated carbocycles. The van der Waals surface area contributed by atoms with Crippen LogP contribution in [0.2, 0.25) is 10.0 Å². The zero-order valence-electron chi connectivity index (χ0n) is 12.3. The Bertz CT molecular complexity index is 738. The number of amides is 2. The first-order valence-corrected chi connectivity index (χ1v) is 8.79. The van der Waals surface area contributed by atoms with Crippen molar-refractivity contribution in [3.63, 3.8) is 0 Å². The summed E-state index contributed by atoms with van der Waals surface area (Å²) in [6.45, 7) is 0.245. The Morgan fingerprint density at radius 1 is 1.00 bits per heavy atom. The maximum Gasteiger partial charge on any atom is 0.234 e. The van der Waals surface area contributed by atoms with Crippen LogP contribution in [0.4, 0.5) is 0 Å². The smallest absolute Gasteiger partial charge is 0.234 e. The first-order valence-electron chi connectivity index (χ1n) is 8.04. The van der Waals surface area contributed by atoms with Crippen LogP contribution in [0.1, 0.15) is 12.0 Å². The number of benzene rings is 1. The number of nitrogens with zero attached hydrogens (tertiary/aromatic N) is 1. The highest BCUT2D eigenvalue weighted by atomic mass is 35.5. The Labute approximate surface area is 144 Å². The monoisotopic (exact) mass is 347 g/mol. The molecular formula is C18H15Cl2NO2. The Balaban J connectivity index is 1.47. The third-order valence-corrected chi connectivity index (χ3v) is 6.68. The van der Waals surface area contributed by atoms with E-state index in [1.807, 2.05) is 0 Å². The molecule has 0 aromatic heterocycles. The number of hydrogen-bond acceptors (Lipinski definition) is 2. The minimum atomic E-state index is -0.146. The van der Waals surface area contributed by atoms with Crippen molar-refractivity contribution in [1.29, 1.82) is 0 Å². The fraction of sp³-hybridized carbons (Fsp3) is 0.444. The van der Waals surface area contributed by atoms with Crippen LogP contribution in [0.15, 0.2) is 30.4 Å². The molecule has 118 valence electrons. The van der Waals surface area contributed by atoms with E-state index in [0.717, 1.165) is 5.56 Å². The number of halogens is 2. The van der Waals surface area contributed by atoms with E-state index in [-0.39, 0.29) is 42.0 Å². The molecule has 1 saturated heterocycles. The third kappa shape index (κ3) is 1.84. The SMILES string of the molecule is O=C1[C@@H]2[C@H]3C=C[C@@H]([C@@H]4C[C@@H]34)[C@@H]2C(=O)N1Cc1ccc(Cl)cc1Cl. The molecule has 5 aliphatic rings. The first kappa shape index (κ1) is 14.1. The summed E-state index contributed by atoms with van der Waals surface area (Å²) in [5.41, 5.74) is 0.766. The van der Waals surface area contributed by atoms with E-state index in [4.69, 9.17) is 23.2 Å². The van der Waals surface area contributed by atoms with Gasteiger partial charge in [0, 0.05) is 10.0 Å². The van der Waals surface area contributed by atoms with Crippen LogP contribution < -0.4 is 0 Å². The van der Waals surface area contributed by atoms with Gasteiger partial charge in [-0.25, -0.2) is 0 Å². The van der Waals surface area contributed by atoms with Gasteiger partial charge in [0.2, 0.25) is 11.8 Å². The van der Waals surface area contributed by atoms with Crippen molar-refractivity contribution in [2.45, 2.75) is 13.0 Å². The lowest BCUT2D eigenvalue weighted by Gasteiger charge is -2.37. The van der Waals surface area contributed by atoms with E-state index in [0.29, 0.717) is 21.9 Å². The summed E-state index contributed by atoms with van der Waals surface area (Å²) in [7, 11) is 0. The van der Waals surface area contributed by atoms with Crippen molar-refractivity contribution in [2.75, 3.05) is 0 Å². The molecule has 0 N–H and O–H groups in total. The van der Waals surface area contributed by atoms with E-state index in [1.54, 1.807) is 18.2 Å². The van der Waals surface area contributed by atoms with E-state index < -0.39 is 0 Å². The van der Waals surface area contributed by atoms with Gasteiger partial charge in [0.15, 0.2) is 0 Å². The maximum absolute atomic E-state index is 12.9. The lowest BCUT2D eigenvalue weighted by Crippen LogP contribution is -2.40. The summed E-state index contributed by atoms with van der Waals surface area (Å²) < 4.78 is 0. The van der Waals surface area contributed by atoms with E-state index in [1.165, 1.54) is 11.3 Å². The Kier molecular flexibility index (Phi) is 2.82. The molecule has 5 heteroatoms. The Morgan fingerprint density at radius 3 is 2.17 bits per heavy atom. The van der Waals surface area contributed by atoms with Crippen molar-refractivity contribution in [3.8, 4) is 0 Å². The van der Waals surface area contributed by atoms with Crippen LogP contribution in [-0.4, -0.2) is 16.7 Å². The molecule has 2 bridgehead atoms. The molecule has 1 aromatic rings. The molecule has 1 aliphatic heterocycles. The number of likely N-dealkylation sites (tertiary alicyclic amines) is 1. The van der Waals surface area contributed by atoms with Gasteiger partial charge in [0.1, 0.15) is 0 Å². The minimum absolute atomic E-state index is 0.0179. The van der Waals surface area contributed by atoms with Crippen LogP contribution in [0.25, 0.3) is 0 Å². The Morgan fingerprint density at radius 2 is 1.61 bits per heavy atom. The van der Waals surface area contributed by atoms with Gasteiger partial charge >= 0.3 is 0 Å².